The minimum atomic E-state index is -1.13. The normalized spacial score (nSPS) is 21.1. The van der Waals surface area contributed by atoms with Crippen molar-refractivity contribution in [3.63, 3.8) is 0 Å². The number of hydrogen-bond acceptors (Lipinski definition) is 3. The molecule has 1 saturated heterocycles. The average molecular weight is 347 g/mol. The number of nitrogens with two attached hydrogens (primary N) is 1. The van der Waals surface area contributed by atoms with Crippen LogP contribution in [0.15, 0.2) is 30.3 Å². The van der Waals surface area contributed by atoms with E-state index in [9.17, 15) is 14.7 Å². The summed E-state index contributed by atoms with van der Waals surface area (Å²) < 4.78 is 0. The first-order chi connectivity index (χ1) is 12.0. The summed E-state index contributed by atoms with van der Waals surface area (Å²) in [5.41, 5.74) is 5.28. The highest BCUT2D eigenvalue weighted by molar-refractivity contribution is 5.90. The highest BCUT2D eigenvalue weighted by Crippen LogP contribution is 2.37. The van der Waals surface area contributed by atoms with E-state index in [-0.39, 0.29) is 12.5 Å². The number of urea groups is 1. The van der Waals surface area contributed by atoms with Gasteiger partial charge in [-0.1, -0.05) is 50.1 Å². The molecular weight excluding hydrogens is 318 g/mol. The molecule has 2 unspecified atom stereocenters. The molecule has 138 valence electrons. The van der Waals surface area contributed by atoms with Gasteiger partial charge in [-0.2, -0.15) is 0 Å². The fraction of sp³-hybridized carbons (Fsp3) is 0.579. The monoisotopic (exact) mass is 347 g/mol. The van der Waals surface area contributed by atoms with Crippen LogP contribution in [0.25, 0.3) is 0 Å². The lowest BCUT2D eigenvalue weighted by atomic mass is 9.86. The van der Waals surface area contributed by atoms with Gasteiger partial charge in [0, 0.05) is 19.5 Å². The molecule has 4 N–H and O–H groups in total. The molecule has 6 heteroatoms. The Balaban J connectivity index is 2.10. The third-order valence-electron chi connectivity index (χ3n) is 4.96. The summed E-state index contributed by atoms with van der Waals surface area (Å²) in [7, 11) is 0. The number of likely N-dealkylation sites (tertiary alicyclic amines) is 1. The maximum Gasteiger partial charge on any atom is 0.318 e. The number of benzene rings is 1. The van der Waals surface area contributed by atoms with Gasteiger partial charge in [-0.15, -0.1) is 0 Å². The van der Waals surface area contributed by atoms with E-state index in [2.05, 4.69) is 12.2 Å². The van der Waals surface area contributed by atoms with Crippen LogP contribution >= 0.6 is 0 Å². The molecule has 1 aromatic carbocycles. The van der Waals surface area contributed by atoms with Crippen LogP contribution in [0.5, 0.6) is 0 Å². The van der Waals surface area contributed by atoms with Gasteiger partial charge < -0.3 is 21.1 Å². The van der Waals surface area contributed by atoms with Crippen LogP contribution in [-0.2, 0) is 4.79 Å². The van der Waals surface area contributed by atoms with Crippen LogP contribution in [0.1, 0.15) is 57.1 Å². The van der Waals surface area contributed by atoms with E-state index in [1.807, 2.05) is 30.3 Å². The van der Waals surface area contributed by atoms with Gasteiger partial charge in [0.25, 0.3) is 0 Å². The van der Waals surface area contributed by atoms with Crippen LogP contribution in [0, 0.1) is 0 Å². The Bertz CT molecular complexity index is 579. The molecule has 0 bridgehead atoms. The van der Waals surface area contributed by atoms with E-state index in [4.69, 9.17) is 5.73 Å². The average Bonchev–Trinajstić information content (AvgIpc) is 3.04. The Kier molecular flexibility index (Phi) is 6.82. The smallest absolute Gasteiger partial charge is 0.318 e. The second kappa shape index (κ2) is 8.85. The summed E-state index contributed by atoms with van der Waals surface area (Å²) in [5.74, 6) is -0.552. The van der Waals surface area contributed by atoms with E-state index < -0.39 is 17.6 Å². The van der Waals surface area contributed by atoms with E-state index in [1.54, 1.807) is 0 Å². The number of carbonyl (C=O) groups excluding carboxylic acids is 2. The molecule has 25 heavy (non-hydrogen) atoms. The first kappa shape index (κ1) is 19.2. The number of carbonyl (C=O) groups is 2. The predicted octanol–water partition coefficient (Wildman–Crippen LogP) is 2.33. The maximum absolute atomic E-state index is 12.6. The fourth-order valence-electron chi connectivity index (χ4n) is 3.52. The first-order valence-corrected chi connectivity index (χ1v) is 9.09. The summed E-state index contributed by atoms with van der Waals surface area (Å²) in [4.78, 5) is 26.4. The minimum absolute atomic E-state index is 0.120. The zero-order valence-corrected chi connectivity index (χ0v) is 14.9. The van der Waals surface area contributed by atoms with Crippen molar-refractivity contribution in [1.29, 1.82) is 0 Å². The summed E-state index contributed by atoms with van der Waals surface area (Å²) >= 11 is 0. The first-order valence-electron chi connectivity index (χ1n) is 9.09. The summed E-state index contributed by atoms with van der Waals surface area (Å²) in [6.45, 7) is 3.16. The van der Waals surface area contributed by atoms with Gasteiger partial charge in [0.15, 0.2) is 0 Å². The van der Waals surface area contributed by atoms with Gasteiger partial charge >= 0.3 is 6.03 Å². The molecule has 1 aliphatic rings. The van der Waals surface area contributed by atoms with Crippen LogP contribution in [-0.4, -0.2) is 40.6 Å². The van der Waals surface area contributed by atoms with Gasteiger partial charge in [-0.25, -0.2) is 4.79 Å². The molecule has 0 aliphatic carbocycles. The van der Waals surface area contributed by atoms with Crippen molar-refractivity contribution in [3.05, 3.63) is 35.9 Å². The molecule has 1 aliphatic heterocycles. The highest BCUT2D eigenvalue weighted by atomic mass is 16.3. The van der Waals surface area contributed by atoms with Gasteiger partial charge in [-0.05, 0) is 24.8 Å². The Morgan fingerprint density at radius 1 is 1.32 bits per heavy atom. The number of hydrogen-bond donors (Lipinski definition) is 3. The maximum atomic E-state index is 12.6. The number of primary amides is 1. The molecule has 2 atom stereocenters. The summed E-state index contributed by atoms with van der Waals surface area (Å²) in [5, 5.41) is 13.5. The molecule has 0 radical (unpaired) electrons. The van der Waals surface area contributed by atoms with Crippen LogP contribution < -0.4 is 11.1 Å². The number of aliphatic hydroxyl groups excluding tert-OH is 1. The van der Waals surface area contributed by atoms with Crippen molar-refractivity contribution in [2.45, 2.75) is 57.1 Å². The lowest BCUT2D eigenvalue weighted by Crippen LogP contribution is -2.59. The Morgan fingerprint density at radius 2 is 2.04 bits per heavy atom. The highest BCUT2D eigenvalue weighted by Gasteiger charge is 2.49. The van der Waals surface area contributed by atoms with E-state index in [0.717, 1.165) is 24.8 Å². The second-order valence-electron chi connectivity index (χ2n) is 6.72. The molecule has 1 heterocycles. The van der Waals surface area contributed by atoms with E-state index in [1.165, 1.54) is 4.90 Å². The predicted molar refractivity (Wildman–Crippen MR) is 96.8 cm³/mol. The Labute approximate surface area is 149 Å². The summed E-state index contributed by atoms with van der Waals surface area (Å²) in [6.07, 6.45) is 3.49. The Hall–Kier alpha value is -2.08. The molecule has 0 spiro atoms. The van der Waals surface area contributed by atoms with Gasteiger partial charge in [0.1, 0.15) is 5.54 Å². The number of rotatable bonds is 8. The molecule has 6 nitrogen and oxygen atoms in total. The number of unbranched alkanes of at least 4 members (excludes halogenated alkanes) is 2. The van der Waals surface area contributed by atoms with Crippen LogP contribution in [0.4, 0.5) is 4.79 Å². The van der Waals surface area contributed by atoms with Crippen molar-refractivity contribution in [3.8, 4) is 0 Å². The zero-order chi connectivity index (χ0) is 18.3. The van der Waals surface area contributed by atoms with Crippen molar-refractivity contribution in [2.75, 3.05) is 13.1 Å². The van der Waals surface area contributed by atoms with Gasteiger partial charge in [0.05, 0.1) is 6.10 Å². The number of amides is 3. The fourth-order valence-corrected chi connectivity index (χ4v) is 3.52. The molecule has 0 aromatic heterocycles. The quantitative estimate of drug-likeness (QED) is 0.630. The van der Waals surface area contributed by atoms with Gasteiger partial charge in [0.2, 0.25) is 5.91 Å². The molecule has 3 amide bonds. The molecule has 1 aromatic rings. The van der Waals surface area contributed by atoms with E-state index in [0.29, 0.717) is 25.9 Å². The molecular formula is C19H29N3O3. The van der Waals surface area contributed by atoms with Crippen molar-refractivity contribution in [2.24, 2.45) is 5.73 Å². The molecule has 0 saturated carbocycles. The number of nitrogens with one attached hydrogen (secondary N) is 1. The Morgan fingerprint density at radius 3 is 2.68 bits per heavy atom. The largest absolute Gasteiger partial charge is 0.388 e. The zero-order valence-electron chi connectivity index (χ0n) is 14.9. The van der Waals surface area contributed by atoms with Crippen molar-refractivity contribution >= 4 is 11.9 Å². The third kappa shape index (κ3) is 4.51. The number of aliphatic hydroxyl groups is 1. The van der Waals surface area contributed by atoms with Gasteiger partial charge in [-0.3, -0.25) is 4.79 Å². The van der Waals surface area contributed by atoms with Crippen molar-refractivity contribution < 1.29 is 14.7 Å². The number of nitrogens with zero attached hydrogens (tertiary/aromatic N) is 1. The van der Waals surface area contributed by atoms with Crippen molar-refractivity contribution in [1.82, 2.24) is 10.2 Å². The lowest BCUT2D eigenvalue weighted by Gasteiger charge is -2.37. The van der Waals surface area contributed by atoms with E-state index >= 15 is 0 Å². The topological polar surface area (TPSA) is 95.7 Å². The van der Waals surface area contributed by atoms with Crippen LogP contribution in [0.2, 0.25) is 0 Å². The minimum Gasteiger partial charge on any atom is -0.388 e. The SMILES string of the molecule is CCCCCNC(=O)N1CCCC1(CC(O)c1ccccc1)C(N)=O. The molecule has 2 rings (SSSR count). The van der Waals surface area contributed by atoms with Crippen LogP contribution in [0.3, 0.4) is 0 Å². The lowest BCUT2D eigenvalue weighted by molar-refractivity contribution is -0.129. The third-order valence-corrected chi connectivity index (χ3v) is 4.96. The molecule has 1 fully saturated rings. The summed E-state index contributed by atoms with van der Waals surface area (Å²) in [6, 6.07) is 8.89. The second-order valence-corrected chi connectivity index (χ2v) is 6.72. The standard InChI is InChI=1S/C19H29N3O3/c1-2-3-7-12-21-18(25)22-13-8-11-19(22,17(20)24)14-16(23)15-9-5-4-6-10-15/h4-6,9-10,16,23H,2-3,7-8,11-14H2,1H3,(H2,20,24)(H,21,25).